The molecule has 0 aromatic carbocycles. The molecule has 2 amide bonds. The average Bonchev–Trinajstić information content (AvgIpc) is 2.35. The van der Waals surface area contributed by atoms with E-state index in [1.807, 2.05) is 6.07 Å². The number of fused-ring (bicyclic) bond motifs is 1. The van der Waals surface area contributed by atoms with Gasteiger partial charge in [0.1, 0.15) is 11.4 Å². The van der Waals surface area contributed by atoms with Crippen LogP contribution < -0.4 is 0 Å². The average molecular weight is 256 g/mol. The fraction of sp³-hybridized carbons (Fsp3) is 0.727. The van der Waals surface area contributed by atoms with E-state index in [4.69, 9.17) is 16.9 Å². The van der Waals surface area contributed by atoms with Crippen molar-refractivity contribution >= 4 is 23.4 Å². The van der Waals surface area contributed by atoms with Crippen LogP contribution in [0.1, 0.15) is 19.3 Å². The fourth-order valence-electron chi connectivity index (χ4n) is 2.42. The third kappa shape index (κ3) is 2.37. The first-order valence-corrected chi connectivity index (χ1v) is 6.19. The lowest BCUT2D eigenvalue weighted by molar-refractivity contribution is -0.157. The molecule has 2 aliphatic heterocycles. The summed E-state index contributed by atoms with van der Waals surface area (Å²) >= 11 is 5.71. The number of halogens is 1. The Bertz CT molecular complexity index is 379. The van der Waals surface area contributed by atoms with Gasteiger partial charge in [0.25, 0.3) is 0 Å². The Labute approximate surface area is 105 Å². The zero-order chi connectivity index (χ0) is 12.4. The smallest absolute Gasteiger partial charge is 0.245 e. The summed E-state index contributed by atoms with van der Waals surface area (Å²) in [6.07, 6.45) is 2.66. The maximum absolute atomic E-state index is 12.1. The number of nitrogens with zero attached hydrogens (tertiary/aromatic N) is 3. The molecule has 5 nitrogen and oxygen atoms in total. The summed E-state index contributed by atoms with van der Waals surface area (Å²) in [5.41, 5.74) is 0. The Morgan fingerprint density at radius 3 is 2.94 bits per heavy atom. The molecule has 0 radical (unpaired) electrons. The number of hydrogen-bond acceptors (Lipinski definition) is 3. The molecular weight excluding hydrogens is 242 g/mol. The lowest BCUT2D eigenvalue weighted by Gasteiger charge is -2.42. The lowest BCUT2D eigenvalue weighted by Crippen LogP contribution is -2.61. The van der Waals surface area contributed by atoms with Gasteiger partial charge in [-0.15, -0.1) is 11.6 Å². The zero-order valence-electron chi connectivity index (χ0n) is 9.43. The third-order valence-corrected chi connectivity index (χ3v) is 3.50. The molecule has 0 spiro atoms. The lowest BCUT2D eigenvalue weighted by atomic mass is 9.98. The second-order valence-electron chi connectivity index (χ2n) is 4.41. The van der Waals surface area contributed by atoms with Crippen LogP contribution in [0.15, 0.2) is 0 Å². The van der Waals surface area contributed by atoms with E-state index in [-0.39, 0.29) is 30.9 Å². The van der Waals surface area contributed by atoms with Gasteiger partial charge in [-0.1, -0.05) is 0 Å². The molecule has 0 aromatic heterocycles. The highest BCUT2D eigenvalue weighted by molar-refractivity contribution is 6.22. The van der Waals surface area contributed by atoms with Crippen LogP contribution in [0.4, 0.5) is 0 Å². The second-order valence-corrected chi connectivity index (χ2v) is 4.94. The summed E-state index contributed by atoms with van der Waals surface area (Å²) in [6, 6.07) is 1.54. The maximum atomic E-state index is 12.1. The summed E-state index contributed by atoms with van der Waals surface area (Å²) in [5.74, 6) is -0.0960. The van der Waals surface area contributed by atoms with E-state index >= 15 is 0 Å². The molecule has 0 aromatic rings. The molecule has 2 rings (SSSR count). The fourth-order valence-corrected chi connectivity index (χ4v) is 2.59. The highest BCUT2D eigenvalue weighted by Gasteiger charge is 2.40. The first kappa shape index (κ1) is 12.2. The van der Waals surface area contributed by atoms with Crippen LogP contribution in [-0.4, -0.2) is 52.7 Å². The third-order valence-electron chi connectivity index (χ3n) is 3.27. The van der Waals surface area contributed by atoms with Crippen molar-refractivity contribution in [2.75, 3.05) is 19.6 Å². The summed E-state index contributed by atoms with van der Waals surface area (Å²) < 4.78 is 0. The molecule has 2 saturated heterocycles. The molecule has 0 bridgehead atoms. The largest absolute Gasteiger partial charge is 0.329 e. The Morgan fingerprint density at radius 1 is 1.47 bits per heavy atom. The van der Waals surface area contributed by atoms with Crippen molar-refractivity contribution in [1.82, 2.24) is 9.80 Å². The number of hydrogen-bond donors (Lipinski definition) is 0. The minimum atomic E-state index is -0.748. The van der Waals surface area contributed by atoms with Crippen molar-refractivity contribution in [1.29, 1.82) is 5.26 Å². The van der Waals surface area contributed by atoms with Crippen LogP contribution in [-0.2, 0) is 9.59 Å². The minimum Gasteiger partial charge on any atom is -0.329 e. The SMILES string of the molecule is N#CC(Cl)CN1CC(=O)N2CCCCC2C1=O. The maximum Gasteiger partial charge on any atom is 0.245 e. The van der Waals surface area contributed by atoms with E-state index in [0.29, 0.717) is 6.54 Å². The number of rotatable bonds is 2. The summed E-state index contributed by atoms with van der Waals surface area (Å²) in [7, 11) is 0. The van der Waals surface area contributed by atoms with Gasteiger partial charge in [-0.2, -0.15) is 5.26 Å². The highest BCUT2D eigenvalue weighted by atomic mass is 35.5. The predicted octanol–water partition coefficient (Wildman–Crippen LogP) is 0.341. The summed E-state index contributed by atoms with van der Waals surface area (Å²) in [5, 5.41) is 7.89. The van der Waals surface area contributed by atoms with Gasteiger partial charge < -0.3 is 9.80 Å². The number of alkyl halides is 1. The van der Waals surface area contributed by atoms with E-state index in [1.165, 1.54) is 4.90 Å². The van der Waals surface area contributed by atoms with Crippen LogP contribution in [0.5, 0.6) is 0 Å². The van der Waals surface area contributed by atoms with Crippen molar-refractivity contribution in [2.45, 2.75) is 30.7 Å². The van der Waals surface area contributed by atoms with E-state index in [0.717, 1.165) is 19.3 Å². The zero-order valence-corrected chi connectivity index (χ0v) is 10.2. The van der Waals surface area contributed by atoms with Crippen molar-refractivity contribution in [3.8, 4) is 6.07 Å². The molecule has 0 saturated carbocycles. The van der Waals surface area contributed by atoms with Crippen LogP contribution in [0.3, 0.4) is 0 Å². The van der Waals surface area contributed by atoms with Gasteiger partial charge in [0.2, 0.25) is 11.8 Å². The van der Waals surface area contributed by atoms with E-state index in [9.17, 15) is 9.59 Å². The second kappa shape index (κ2) is 4.92. The normalized spacial score (nSPS) is 26.5. The molecular formula is C11H14ClN3O2. The number of nitriles is 1. The van der Waals surface area contributed by atoms with Crippen LogP contribution >= 0.6 is 11.6 Å². The van der Waals surface area contributed by atoms with E-state index < -0.39 is 5.38 Å². The van der Waals surface area contributed by atoms with Gasteiger partial charge in [-0.3, -0.25) is 9.59 Å². The van der Waals surface area contributed by atoms with Gasteiger partial charge in [0.15, 0.2) is 0 Å². The van der Waals surface area contributed by atoms with Gasteiger partial charge in [-0.25, -0.2) is 0 Å². The molecule has 6 heteroatoms. The highest BCUT2D eigenvalue weighted by Crippen LogP contribution is 2.23. The molecule has 0 N–H and O–H groups in total. The van der Waals surface area contributed by atoms with Crippen molar-refractivity contribution in [3.63, 3.8) is 0 Å². The van der Waals surface area contributed by atoms with Gasteiger partial charge >= 0.3 is 0 Å². The van der Waals surface area contributed by atoms with Gasteiger partial charge in [-0.05, 0) is 19.3 Å². The first-order chi connectivity index (χ1) is 8.13. The molecule has 2 unspecified atom stereocenters. The molecule has 2 aliphatic rings. The number of carbonyl (C=O) groups excluding carboxylic acids is 2. The van der Waals surface area contributed by atoms with Crippen molar-refractivity contribution < 1.29 is 9.59 Å². The first-order valence-electron chi connectivity index (χ1n) is 5.75. The Balaban J connectivity index is 2.09. The molecule has 2 heterocycles. The summed E-state index contributed by atoms with van der Waals surface area (Å²) in [6.45, 7) is 0.860. The molecule has 17 heavy (non-hydrogen) atoms. The topological polar surface area (TPSA) is 64.4 Å². The van der Waals surface area contributed by atoms with Crippen LogP contribution in [0.25, 0.3) is 0 Å². The standard InChI is InChI=1S/C11H14ClN3O2/c12-8(5-13)6-14-7-10(16)15-4-2-1-3-9(15)11(14)17/h8-9H,1-4,6-7H2. The molecule has 0 aliphatic carbocycles. The van der Waals surface area contributed by atoms with Crippen molar-refractivity contribution in [3.05, 3.63) is 0 Å². The monoisotopic (exact) mass is 255 g/mol. The summed E-state index contributed by atoms with van der Waals surface area (Å²) in [4.78, 5) is 27.1. The number of piperidine rings is 1. The molecule has 2 fully saturated rings. The number of amides is 2. The Morgan fingerprint density at radius 2 is 2.24 bits per heavy atom. The molecule has 92 valence electrons. The van der Waals surface area contributed by atoms with E-state index in [1.54, 1.807) is 4.90 Å². The predicted molar refractivity (Wildman–Crippen MR) is 61.2 cm³/mol. The Hall–Kier alpha value is -1.28. The number of piperazine rings is 1. The van der Waals surface area contributed by atoms with Crippen LogP contribution in [0.2, 0.25) is 0 Å². The molecule has 2 atom stereocenters. The van der Waals surface area contributed by atoms with Gasteiger partial charge in [0.05, 0.1) is 19.2 Å². The minimum absolute atomic E-state index is 0.0314. The van der Waals surface area contributed by atoms with Crippen molar-refractivity contribution in [2.24, 2.45) is 0 Å². The Kier molecular flexibility index (Phi) is 3.53. The van der Waals surface area contributed by atoms with Gasteiger partial charge in [0, 0.05) is 6.54 Å². The number of carbonyl (C=O) groups is 2. The van der Waals surface area contributed by atoms with Crippen LogP contribution in [0, 0.1) is 11.3 Å². The quantitative estimate of drug-likeness (QED) is 0.669. The van der Waals surface area contributed by atoms with E-state index in [2.05, 4.69) is 0 Å².